The number of furan rings is 1. The van der Waals surface area contributed by atoms with Crippen LogP contribution in [0.5, 0.6) is 0 Å². The van der Waals surface area contributed by atoms with Crippen molar-refractivity contribution < 1.29 is 13.6 Å². The number of aryl methyl sites for hydroxylation is 1. The Morgan fingerprint density at radius 2 is 2.11 bits per heavy atom. The van der Waals surface area contributed by atoms with Crippen molar-refractivity contribution in [2.24, 2.45) is 0 Å². The molecule has 3 rings (SSSR count). The maximum Gasteiger partial charge on any atom is 0.275 e. The molecular formula is C19H18FN3O3S. The second kappa shape index (κ2) is 8.68. The Hall–Kier alpha value is -2.87. The van der Waals surface area contributed by atoms with Crippen molar-refractivity contribution in [3.05, 3.63) is 81.9 Å². The van der Waals surface area contributed by atoms with Gasteiger partial charge in [-0.2, -0.15) is 16.9 Å². The third kappa shape index (κ3) is 4.65. The van der Waals surface area contributed by atoms with Gasteiger partial charge in [-0.15, -0.1) is 0 Å². The monoisotopic (exact) mass is 387 g/mol. The van der Waals surface area contributed by atoms with Crippen molar-refractivity contribution >= 4 is 17.7 Å². The van der Waals surface area contributed by atoms with E-state index in [9.17, 15) is 14.0 Å². The molecule has 6 nitrogen and oxygen atoms in total. The van der Waals surface area contributed by atoms with Crippen LogP contribution in [-0.2, 0) is 5.75 Å². The van der Waals surface area contributed by atoms with Crippen LogP contribution in [0.4, 0.5) is 4.39 Å². The Balaban J connectivity index is 1.66. The van der Waals surface area contributed by atoms with Crippen LogP contribution in [0.25, 0.3) is 5.69 Å². The lowest BCUT2D eigenvalue weighted by molar-refractivity contribution is 0.0948. The first kappa shape index (κ1) is 18.9. The number of halogens is 1. The molecule has 8 heteroatoms. The SMILES string of the molecule is Cc1cc(=O)c(C(=O)NCCSCc2ccco2)nn1-c1ccccc1F. The molecule has 140 valence electrons. The quantitative estimate of drug-likeness (QED) is 0.631. The number of hydrogen-bond acceptors (Lipinski definition) is 5. The number of nitrogens with one attached hydrogen (secondary N) is 1. The first-order chi connectivity index (χ1) is 13.1. The summed E-state index contributed by atoms with van der Waals surface area (Å²) in [7, 11) is 0. The minimum Gasteiger partial charge on any atom is -0.468 e. The summed E-state index contributed by atoms with van der Waals surface area (Å²) < 4.78 is 20.5. The summed E-state index contributed by atoms with van der Waals surface area (Å²) in [5, 5.41) is 6.75. The molecule has 0 bridgehead atoms. The lowest BCUT2D eigenvalue weighted by Gasteiger charge is -2.12. The number of para-hydroxylation sites is 1. The topological polar surface area (TPSA) is 77.1 Å². The van der Waals surface area contributed by atoms with Crippen LogP contribution < -0.4 is 10.7 Å². The van der Waals surface area contributed by atoms with Crippen molar-refractivity contribution in [3.8, 4) is 5.69 Å². The maximum absolute atomic E-state index is 14.0. The van der Waals surface area contributed by atoms with Crippen LogP contribution in [0.1, 0.15) is 21.9 Å². The molecule has 0 aliphatic carbocycles. The number of rotatable bonds is 7. The van der Waals surface area contributed by atoms with Crippen molar-refractivity contribution in [3.63, 3.8) is 0 Å². The molecule has 2 aromatic heterocycles. The molecule has 0 saturated heterocycles. The molecule has 3 aromatic rings. The van der Waals surface area contributed by atoms with E-state index in [0.29, 0.717) is 23.7 Å². The van der Waals surface area contributed by atoms with Gasteiger partial charge in [0.25, 0.3) is 5.91 Å². The van der Waals surface area contributed by atoms with E-state index in [1.54, 1.807) is 37.1 Å². The Morgan fingerprint density at radius 1 is 1.30 bits per heavy atom. The number of amides is 1. The van der Waals surface area contributed by atoms with Crippen molar-refractivity contribution in [2.45, 2.75) is 12.7 Å². The molecule has 27 heavy (non-hydrogen) atoms. The molecule has 1 aromatic carbocycles. The highest BCUT2D eigenvalue weighted by atomic mass is 32.2. The summed E-state index contributed by atoms with van der Waals surface area (Å²) in [4.78, 5) is 24.5. The summed E-state index contributed by atoms with van der Waals surface area (Å²) in [5.74, 6) is 1.14. The number of hydrogen-bond donors (Lipinski definition) is 1. The summed E-state index contributed by atoms with van der Waals surface area (Å²) in [6.07, 6.45) is 1.61. The minimum atomic E-state index is -0.580. The van der Waals surface area contributed by atoms with Gasteiger partial charge in [0.1, 0.15) is 17.3 Å². The van der Waals surface area contributed by atoms with Crippen LogP contribution in [0.2, 0.25) is 0 Å². The molecule has 1 N–H and O–H groups in total. The van der Waals surface area contributed by atoms with Gasteiger partial charge in [0.2, 0.25) is 5.43 Å². The fraction of sp³-hybridized carbons (Fsp3) is 0.211. The molecule has 0 atom stereocenters. The molecular weight excluding hydrogens is 369 g/mol. The van der Waals surface area contributed by atoms with E-state index in [0.717, 1.165) is 5.76 Å². The van der Waals surface area contributed by atoms with Crippen LogP contribution in [-0.4, -0.2) is 28.0 Å². The fourth-order valence-electron chi connectivity index (χ4n) is 2.46. The number of carbonyl (C=O) groups excluding carboxylic acids is 1. The third-order valence-corrected chi connectivity index (χ3v) is 4.74. The van der Waals surface area contributed by atoms with Crippen molar-refractivity contribution in [1.29, 1.82) is 0 Å². The fourth-order valence-corrected chi connectivity index (χ4v) is 3.22. The van der Waals surface area contributed by atoms with E-state index in [2.05, 4.69) is 10.4 Å². The molecule has 0 spiro atoms. The molecule has 0 aliphatic rings. The van der Waals surface area contributed by atoms with Crippen molar-refractivity contribution in [2.75, 3.05) is 12.3 Å². The predicted octanol–water partition coefficient (Wildman–Crippen LogP) is 2.94. The molecule has 2 heterocycles. The van der Waals surface area contributed by atoms with Crippen LogP contribution in [0, 0.1) is 12.7 Å². The zero-order valence-electron chi connectivity index (χ0n) is 14.6. The zero-order valence-corrected chi connectivity index (χ0v) is 15.5. The van der Waals surface area contributed by atoms with Gasteiger partial charge in [-0.05, 0) is 31.2 Å². The van der Waals surface area contributed by atoms with Crippen LogP contribution in [0.3, 0.4) is 0 Å². The predicted molar refractivity (Wildman–Crippen MR) is 102 cm³/mol. The van der Waals surface area contributed by atoms with Crippen LogP contribution in [0.15, 0.2) is 57.9 Å². The Morgan fingerprint density at radius 3 is 2.85 bits per heavy atom. The number of benzene rings is 1. The molecule has 0 radical (unpaired) electrons. The second-order valence-electron chi connectivity index (χ2n) is 5.75. The van der Waals surface area contributed by atoms with Gasteiger partial charge in [0.15, 0.2) is 5.69 Å². The number of thioether (sulfide) groups is 1. The Bertz CT molecular complexity index is 986. The van der Waals surface area contributed by atoms with Gasteiger partial charge < -0.3 is 9.73 Å². The summed E-state index contributed by atoms with van der Waals surface area (Å²) in [6.45, 7) is 2.01. The second-order valence-corrected chi connectivity index (χ2v) is 6.85. The van der Waals surface area contributed by atoms with E-state index >= 15 is 0 Å². The number of carbonyl (C=O) groups is 1. The first-order valence-corrected chi connectivity index (χ1v) is 9.46. The average Bonchev–Trinajstić information content (AvgIpc) is 3.16. The summed E-state index contributed by atoms with van der Waals surface area (Å²) in [5.41, 5.74) is -0.144. The summed E-state index contributed by atoms with van der Waals surface area (Å²) >= 11 is 1.59. The van der Waals surface area contributed by atoms with E-state index in [-0.39, 0.29) is 11.4 Å². The van der Waals surface area contributed by atoms with Gasteiger partial charge in [-0.1, -0.05) is 12.1 Å². The molecule has 0 unspecified atom stereocenters. The molecule has 1 amide bonds. The number of aromatic nitrogens is 2. The lowest BCUT2D eigenvalue weighted by atomic mass is 10.2. The Kier molecular flexibility index (Phi) is 6.08. The average molecular weight is 387 g/mol. The van der Waals surface area contributed by atoms with E-state index in [4.69, 9.17) is 4.42 Å². The number of nitrogens with zero attached hydrogens (tertiary/aromatic N) is 2. The largest absolute Gasteiger partial charge is 0.468 e. The first-order valence-electron chi connectivity index (χ1n) is 8.30. The van der Waals surface area contributed by atoms with Gasteiger partial charge in [-0.25, -0.2) is 9.07 Å². The lowest BCUT2D eigenvalue weighted by Crippen LogP contribution is -2.33. The molecule has 0 aliphatic heterocycles. The van der Waals surface area contributed by atoms with Crippen molar-refractivity contribution in [1.82, 2.24) is 15.1 Å². The normalized spacial score (nSPS) is 10.7. The van der Waals surface area contributed by atoms with E-state index < -0.39 is 17.2 Å². The van der Waals surface area contributed by atoms with E-state index in [1.165, 1.54) is 22.9 Å². The van der Waals surface area contributed by atoms with Gasteiger partial charge >= 0.3 is 0 Å². The smallest absolute Gasteiger partial charge is 0.275 e. The highest BCUT2D eigenvalue weighted by Gasteiger charge is 2.16. The van der Waals surface area contributed by atoms with Crippen LogP contribution >= 0.6 is 11.8 Å². The standard InChI is InChI=1S/C19H18FN3O3S/c1-13-11-17(24)18(22-23(13)16-7-3-2-6-15(16)20)19(25)21-8-10-27-12-14-5-4-9-26-14/h2-7,9,11H,8,10,12H2,1H3,(H,21,25). The minimum absolute atomic E-state index is 0.179. The van der Waals surface area contributed by atoms with Gasteiger partial charge in [0, 0.05) is 24.1 Å². The van der Waals surface area contributed by atoms with Gasteiger partial charge in [-0.3, -0.25) is 9.59 Å². The highest BCUT2D eigenvalue weighted by molar-refractivity contribution is 7.98. The van der Waals surface area contributed by atoms with Gasteiger partial charge in [0.05, 0.1) is 12.0 Å². The maximum atomic E-state index is 14.0. The Labute approximate surface area is 159 Å². The summed E-state index contributed by atoms with van der Waals surface area (Å²) in [6, 6.07) is 11.0. The zero-order chi connectivity index (χ0) is 19.2. The molecule has 0 fully saturated rings. The third-order valence-electron chi connectivity index (χ3n) is 3.76. The molecule has 0 saturated carbocycles. The van der Waals surface area contributed by atoms with E-state index in [1.807, 2.05) is 12.1 Å². The highest BCUT2D eigenvalue weighted by Crippen LogP contribution is 2.13.